The van der Waals surface area contributed by atoms with Crippen molar-refractivity contribution in [3.63, 3.8) is 0 Å². The van der Waals surface area contributed by atoms with Gasteiger partial charge in [-0.3, -0.25) is 9.59 Å². The zero-order chi connectivity index (χ0) is 25.1. The highest BCUT2D eigenvalue weighted by molar-refractivity contribution is 8.16. The standard InChI is InChI=1S/C25H30N4O5S/c1-4-19-21(24(32)34-3)22(16-6-5-7-18(12-16)33-2)29-17(14-35-25(29)27-19)13-20(30)28-10-8-15(9-11-28)23(26)31/h5-7,12,14-15,22H,4,8-11,13H2,1-3H3,(H2,26,31). The molecule has 4 rings (SSSR count). The van der Waals surface area contributed by atoms with E-state index in [4.69, 9.17) is 20.2 Å². The summed E-state index contributed by atoms with van der Waals surface area (Å²) < 4.78 is 10.6. The number of carbonyl (C=O) groups excluding carboxylic acids is 3. The minimum absolute atomic E-state index is 0.0321. The number of methoxy groups -OCH3 is 2. The first kappa shape index (κ1) is 24.8. The van der Waals surface area contributed by atoms with Gasteiger partial charge in [0.15, 0.2) is 5.17 Å². The quantitative estimate of drug-likeness (QED) is 0.575. The van der Waals surface area contributed by atoms with E-state index in [1.54, 1.807) is 12.0 Å². The molecule has 186 valence electrons. The van der Waals surface area contributed by atoms with Gasteiger partial charge in [-0.2, -0.15) is 0 Å². The predicted molar refractivity (Wildman–Crippen MR) is 133 cm³/mol. The first-order valence-electron chi connectivity index (χ1n) is 11.6. The molecule has 1 aromatic rings. The number of hydrogen-bond acceptors (Lipinski definition) is 8. The van der Waals surface area contributed by atoms with E-state index in [0.717, 1.165) is 16.4 Å². The second-order valence-corrected chi connectivity index (χ2v) is 9.45. The first-order valence-corrected chi connectivity index (χ1v) is 12.5. The van der Waals surface area contributed by atoms with E-state index >= 15 is 0 Å². The summed E-state index contributed by atoms with van der Waals surface area (Å²) in [4.78, 5) is 46.2. The first-order chi connectivity index (χ1) is 16.9. The van der Waals surface area contributed by atoms with Crippen LogP contribution in [0.15, 0.2) is 51.6 Å². The summed E-state index contributed by atoms with van der Waals surface area (Å²) in [6.07, 6.45) is 1.87. The molecule has 2 N–H and O–H groups in total. The molecule has 10 heteroatoms. The van der Waals surface area contributed by atoms with Gasteiger partial charge in [-0.25, -0.2) is 9.79 Å². The number of benzene rings is 1. The number of hydrogen-bond donors (Lipinski definition) is 1. The minimum Gasteiger partial charge on any atom is -0.497 e. The number of rotatable bonds is 7. The van der Waals surface area contributed by atoms with Crippen molar-refractivity contribution in [3.8, 4) is 5.75 Å². The molecule has 0 bridgehead atoms. The average Bonchev–Trinajstić information content (AvgIpc) is 3.29. The Morgan fingerprint density at radius 1 is 1.20 bits per heavy atom. The fourth-order valence-electron chi connectivity index (χ4n) is 4.72. The lowest BCUT2D eigenvalue weighted by Gasteiger charge is -2.37. The van der Waals surface area contributed by atoms with Crippen molar-refractivity contribution in [1.82, 2.24) is 9.80 Å². The molecule has 0 aromatic heterocycles. The fourth-order valence-corrected chi connectivity index (χ4v) is 5.66. The second kappa shape index (κ2) is 10.6. The van der Waals surface area contributed by atoms with Gasteiger partial charge in [-0.1, -0.05) is 30.8 Å². The van der Waals surface area contributed by atoms with E-state index in [1.807, 2.05) is 41.5 Å². The molecule has 1 aromatic carbocycles. The lowest BCUT2D eigenvalue weighted by Crippen LogP contribution is -2.43. The van der Waals surface area contributed by atoms with Crippen LogP contribution in [0.5, 0.6) is 5.75 Å². The molecule has 35 heavy (non-hydrogen) atoms. The number of thioether (sulfide) groups is 1. The number of allylic oxidation sites excluding steroid dienone is 1. The summed E-state index contributed by atoms with van der Waals surface area (Å²) >= 11 is 1.44. The van der Waals surface area contributed by atoms with Gasteiger partial charge in [0, 0.05) is 24.7 Å². The monoisotopic (exact) mass is 498 g/mol. The van der Waals surface area contributed by atoms with Crippen LogP contribution >= 0.6 is 11.8 Å². The van der Waals surface area contributed by atoms with Crippen LogP contribution in [0.3, 0.4) is 0 Å². The number of fused-ring (bicyclic) bond motifs is 1. The summed E-state index contributed by atoms with van der Waals surface area (Å²) in [6, 6.07) is 7.04. The normalized spacial score (nSPS) is 20.3. The number of primary amides is 1. The molecular formula is C25H30N4O5S. The van der Waals surface area contributed by atoms with Crippen molar-refractivity contribution in [2.24, 2.45) is 16.6 Å². The van der Waals surface area contributed by atoms with Crippen LogP contribution in [-0.2, 0) is 19.1 Å². The third kappa shape index (κ3) is 4.93. The number of amidine groups is 1. The number of nitrogens with two attached hydrogens (primary N) is 1. The highest BCUT2D eigenvalue weighted by atomic mass is 32.2. The molecular weight excluding hydrogens is 468 g/mol. The molecule has 2 amide bonds. The highest BCUT2D eigenvalue weighted by Gasteiger charge is 2.42. The van der Waals surface area contributed by atoms with E-state index < -0.39 is 12.0 Å². The molecule has 3 aliphatic rings. The largest absolute Gasteiger partial charge is 0.497 e. The maximum Gasteiger partial charge on any atom is 0.338 e. The third-order valence-electron chi connectivity index (χ3n) is 6.62. The smallest absolute Gasteiger partial charge is 0.338 e. The number of esters is 1. The van der Waals surface area contributed by atoms with E-state index in [2.05, 4.69) is 0 Å². The van der Waals surface area contributed by atoms with Crippen molar-refractivity contribution >= 4 is 34.7 Å². The molecule has 1 saturated heterocycles. The lowest BCUT2D eigenvalue weighted by molar-refractivity contribution is -0.136. The Hall–Kier alpha value is -3.27. The Kier molecular flexibility index (Phi) is 7.49. The van der Waals surface area contributed by atoms with Gasteiger partial charge in [0.1, 0.15) is 5.75 Å². The summed E-state index contributed by atoms with van der Waals surface area (Å²) in [7, 11) is 2.96. The second-order valence-electron chi connectivity index (χ2n) is 8.61. The van der Waals surface area contributed by atoms with Crippen molar-refractivity contribution in [2.45, 2.75) is 38.6 Å². The molecule has 1 unspecified atom stereocenters. The molecule has 3 aliphatic heterocycles. The molecule has 1 fully saturated rings. The van der Waals surface area contributed by atoms with Gasteiger partial charge in [0.2, 0.25) is 11.8 Å². The molecule has 0 aliphatic carbocycles. The summed E-state index contributed by atoms with van der Waals surface area (Å²) in [6.45, 7) is 2.95. The van der Waals surface area contributed by atoms with E-state index in [-0.39, 0.29) is 24.2 Å². The number of piperidine rings is 1. The summed E-state index contributed by atoms with van der Waals surface area (Å²) in [5, 5.41) is 2.64. The maximum atomic E-state index is 13.2. The maximum absolute atomic E-state index is 13.2. The van der Waals surface area contributed by atoms with E-state index in [1.165, 1.54) is 18.9 Å². The molecule has 9 nitrogen and oxygen atoms in total. The molecule has 3 heterocycles. The number of aliphatic imine (C=N–C) groups is 1. The van der Waals surface area contributed by atoms with Gasteiger partial charge in [-0.15, -0.1) is 0 Å². The molecule has 1 atom stereocenters. The number of ether oxygens (including phenoxy) is 2. The van der Waals surface area contributed by atoms with Crippen molar-refractivity contribution in [2.75, 3.05) is 27.3 Å². The molecule has 0 radical (unpaired) electrons. The van der Waals surface area contributed by atoms with Crippen LogP contribution in [0, 0.1) is 5.92 Å². The van der Waals surface area contributed by atoms with Crippen LogP contribution in [0.4, 0.5) is 0 Å². The Morgan fingerprint density at radius 2 is 1.94 bits per heavy atom. The Balaban J connectivity index is 1.65. The van der Waals surface area contributed by atoms with Gasteiger partial charge in [0.25, 0.3) is 0 Å². The Bertz CT molecular complexity index is 1120. The van der Waals surface area contributed by atoms with E-state index in [0.29, 0.717) is 49.4 Å². The van der Waals surface area contributed by atoms with Crippen LogP contribution in [0.25, 0.3) is 0 Å². The predicted octanol–water partition coefficient (Wildman–Crippen LogP) is 2.95. The fraction of sp³-hybridized carbons (Fsp3) is 0.440. The highest BCUT2D eigenvalue weighted by Crippen LogP contribution is 2.46. The zero-order valence-corrected chi connectivity index (χ0v) is 21.0. The topological polar surface area (TPSA) is 115 Å². The minimum atomic E-state index is -0.505. The van der Waals surface area contributed by atoms with Gasteiger partial charge in [-0.05, 0) is 42.4 Å². The van der Waals surface area contributed by atoms with Gasteiger partial charge >= 0.3 is 5.97 Å². The number of amides is 2. The third-order valence-corrected chi connectivity index (χ3v) is 7.51. The Labute approximate surface area is 209 Å². The zero-order valence-electron chi connectivity index (χ0n) is 20.2. The van der Waals surface area contributed by atoms with Crippen LogP contribution in [0.2, 0.25) is 0 Å². The Morgan fingerprint density at radius 3 is 2.57 bits per heavy atom. The number of likely N-dealkylation sites (tertiary alicyclic amines) is 1. The van der Waals surface area contributed by atoms with E-state index in [9.17, 15) is 14.4 Å². The molecule has 0 spiro atoms. The van der Waals surface area contributed by atoms with Crippen LogP contribution in [0.1, 0.15) is 44.2 Å². The summed E-state index contributed by atoms with van der Waals surface area (Å²) in [5.74, 6) is -0.307. The number of nitrogens with zero attached hydrogens (tertiary/aromatic N) is 3. The van der Waals surface area contributed by atoms with Crippen molar-refractivity contribution in [1.29, 1.82) is 0 Å². The van der Waals surface area contributed by atoms with Crippen molar-refractivity contribution < 1.29 is 23.9 Å². The van der Waals surface area contributed by atoms with Crippen LogP contribution in [-0.4, -0.2) is 60.1 Å². The van der Waals surface area contributed by atoms with Gasteiger partial charge in [0.05, 0.1) is 38.0 Å². The van der Waals surface area contributed by atoms with Crippen LogP contribution < -0.4 is 10.5 Å². The molecule has 0 saturated carbocycles. The average molecular weight is 499 g/mol. The van der Waals surface area contributed by atoms with Crippen molar-refractivity contribution in [3.05, 3.63) is 52.2 Å². The number of carbonyl (C=O) groups is 3. The van der Waals surface area contributed by atoms with Gasteiger partial charge < -0.3 is 25.0 Å². The summed E-state index contributed by atoms with van der Waals surface area (Å²) in [5.41, 5.74) is 8.15. The lowest BCUT2D eigenvalue weighted by atomic mass is 9.92. The SMILES string of the molecule is CCC1=C(C(=O)OC)C(c2cccc(OC)c2)N2C(CC(=O)N3CCC(C(N)=O)CC3)=CSC2=N1.